The highest BCUT2D eigenvalue weighted by Gasteiger charge is 1.85. The predicted octanol–water partition coefficient (Wildman–Crippen LogP) is -1.55. The Morgan fingerprint density at radius 3 is 2.46 bits per heavy atom. The maximum absolute atomic E-state index is 5.12. The van der Waals surface area contributed by atoms with Gasteiger partial charge in [-0.1, -0.05) is 0 Å². The summed E-state index contributed by atoms with van der Waals surface area (Å²) < 4.78 is 0. The molecule has 72 valence electrons. The van der Waals surface area contributed by atoms with Crippen molar-refractivity contribution in [2.75, 3.05) is 0 Å². The lowest BCUT2D eigenvalue weighted by atomic mass is 10.5. The molecule has 0 amide bonds. The van der Waals surface area contributed by atoms with Crippen molar-refractivity contribution in [1.29, 1.82) is 0 Å². The van der Waals surface area contributed by atoms with Crippen LogP contribution < -0.4 is 22.6 Å². The van der Waals surface area contributed by atoms with Gasteiger partial charge in [-0.2, -0.15) is 10.2 Å². The van der Waals surface area contributed by atoms with Crippen molar-refractivity contribution in [3.05, 3.63) is 0 Å². The zero-order valence-corrected chi connectivity index (χ0v) is 7.88. The van der Waals surface area contributed by atoms with E-state index in [2.05, 4.69) is 32.9 Å². The van der Waals surface area contributed by atoms with E-state index in [0.29, 0.717) is 5.71 Å². The molecule has 0 aromatic heterocycles. The van der Waals surface area contributed by atoms with E-state index in [0.717, 1.165) is 0 Å². The molecule has 0 bridgehead atoms. The zero-order chi connectivity index (χ0) is 10.3. The van der Waals surface area contributed by atoms with Crippen LogP contribution in [0.1, 0.15) is 6.92 Å². The van der Waals surface area contributed by atoms with Gasteiger partial charge in [-0.05, 0) is 19.1 Å². The second-order valence-corrected chi connectivity index (χ2v) is 2.44. The van der Waals surface area contributed by atoms with Crippen LogP contribution in [0.3, 0.4) is 0 Å². The summed E-state index contributed by atoms with van der Waals surface area (Å²) in [7, 11) is 0. The van der Waals surface area contributed by atoms with E-state index in [9.17, 15) is 0 Å². The number of hydrazone groups is 1. The Balaban J connectivity index is 4.06. The molecule has 0 aromatic rings. The van der Waals surface area contributed by atoms with E-state index < -0.39 is 0 Å². The predicted molar refractivity (Wildman–Crippen MR) is 57.3 cm³/mol. The highest BCUT2D eigenvalue weighted by molar-refractivity contribution is 7.80. The quantitative estimate of drug-likeness (QED) is 0.190. The van der Waals surface area contributed by atoms with Crippen LogP contribution in [0.4, 0.5) is 0 Å². The lowest BCUT2D eigenvalue weighted by molar-refractivity contribution is 1.03. The summed E-state index contributed by atoms with van der Waals surface area (Å²) in [6.45, 7) is 1.68. The largest absolute Gasteiger partial charge is 0.375 e. The first-order valence-corrected chi connectivity index (χ1v) is 3.65. The van der Waals surface area contributed by atoms with Crippen molar-refractivity contribution in [3.8, 4) is 0 Å². The van der Waals surface area contributed by atoms with Crippen LogP contribution in [0.2, 0.25) is 0 Å². The summed E-state index contributed by atoms with van der Waals surface area (Å²) in [5, 5.41) is 10.7. The van der Waals surface area contributed by atoms with E-state index in [-0.39, 0.29) is 11.1 Å². The number of nitrogens with one attached hydrogen (secondary N) is 1. The summed E-state index contributed by atoms with van der Waals surface area (Å²) in [6.07, 6.45) is 1.35. The molecule has 0 unspecified atom stereocenters. The van der Waals surface area contributed by atoms with Crippen molar-refractivity contribution in [1.82, 2.24) is 5.43 Å². The minimum atomic E-state index is -0.119. The van der Waals surface area contributed by atoms with Gasteiger partial charge in [0.1, 0.15) is 0 Å². The van der Waals surface area contributed by atoms with Crippen LogP contribution in [-0.2, 0) is 0 Å². The van der Waals surface area contributed by atoms with Gasteiger partial charge in [-0.25, -0.2) is 0 Å². The summed E-state index contributed by atoms with van der Waals surface area (Å²) in [5.74, 6) is -0.119. The van der Waals surface area contributed by atoms with Gasteiger partial charge in [0.15, 0.2) is 5.11 Å². The molecule has 0 rings (SSSR count). The average molecular weight is 201 g/mol. The first kappa shape index (κ1) is 11.3. The zero-order valence-electron chi connectivity index (χ0n) is 7.06. The van der Waals surface area contributed by atoms with E-state index in [4.69, 9.17) is 17.2 Å². The third kappa shape index (κ3) is 8.20. The lowest BCUT2D eigenvalue weighted by Gasteiger charge is -1.94. The van der Waals surface area contributed by atoms with E-state index in [1.54, 1.807) is 6.92 Å². The third-order valence-corrected chi connectivity index (χ3v) is 0.852. The number of rotatable bonds is 3. The molecule has 0 aliphatic heterocycles. The topological polar surface area (TPSA) is 127 Å². The molecular weight excluding hydrogens is 190 g/mol. The van der Waals surface area contributed by atoms with Gasteiger partial charge in [-0.15, -0.1) is 5.10 Å². The van der Waals surface area contributed by atoms with E-state index in [1.807, 2.05) is 0 Å². The van der Waals surface area contributed by atoms with Gasteiger partial charge in [0.05, 0.1) is 11.9 Å². The molecule has 0 fully saturated rings. The Hall–Kier alpha value is -1.70. The van der Waals surface area contributed by atoms with E-state index in [1.165, 1.54) is 6.21 Å². The van der Waals surface area contributed by atoms with Crippen LogP contribution >= 0.6 is 12.2 Å². The smallest absolute Gasteiger partial charge is 0.211 e. The molecule has 0 aromatic carbocycles. The Bertz CT molecular complexity index is 262. The highest BCUT2D eigenvalue weighted by atomic mass is 32.1. The van der Waals surface area contributed by atoms with Gasteiger partial charge >= 0.3 is 0 Å². The molecule has 0 aliphatic rings. The van der Waals surface area contributed by atoms with E-state index >= 15 is 0 Å². The Labute approximate surface area is 80.8 Å². The molecule has 0 saturated heterocycles. The summed E-state index contributed by atoms with van der Waals surface area (Å²) >= 11 is 4.52. The Morgan fingerprint density at radius 2 is 2.00 bits per heavy atom. The molecular formula is C5H11N7S. The standard InChI is InChI=1S/C5H11N7S/c1-3(10-12-5(8)13)2-9-11-4(6)7/h2H,1H3,(H4,6,7,11)(H3,8,12,13). The first-order chi connectivity index (χ1) is 6.02. The fourth-order valence-electron chi connectivity index (χ4n) is 0.351. The molecule has 8 heteroatoms. The Kier molecular flexibility index (Phi) is 5.12. The molecule has 0 spiro atoms. The second-order valence-electron chi connectivity index (χ2n) is 2.00. The number of nitrogens with two attached hydrogens (primary N) is 3. The van der Waals surface area contributed by atoms with Crippen molar-refractivity contribution >= 4 is 35.2 Å². The number of thiocarbonyl (C=S) groups is 1. The van der Waals surface area contributed by atoms with Gasteiger partial charge in [0.25, 0.3) is 0 Å². The van der Waals surface area contributed by atoms with Crippen LogP contribution in [-0.4, -0.2) is 23.0 Å². The highest BCUT2D eigenvalue weighted by Crippen LogP contribution is 1.73. The normalized spacial score (nSPS) is 11.3. The first-order valence-electron chi connectivity index (χ1n) is 3.24. The van der Waals surface area contributed by atoms with Crippen LogP contribution in [0.25, 0.3) is 0 Å². The minimum absolute atomic E-state index is 0.0783. The van der Waals surface area contributed by atoms with Crippen molar-refractivity contribution < 1.29 is 0 Å². The molecule has 13 heavy (non-hydrogen) atoms. The maximum atomic E-state index is 5.12. The monoisotopic (exact) mass is 201 g/mol. The fourth-order valence-corrected chi connectivity index (χ4v) is 0.397. The number of hydrogen-bond donors (Lipinski definition) is 4. The van der Waals surface area contributed by atoms with Gasteiger partial charge in [0.2, 0.25) is 5.96 Å². The molecule has 0 heterocycles. The summed E-state index contributed by atoms with van der Waals surface area (Å²) in [6, 6.07) is 0. The summed E-state index contributed by atoms with van der Waals surface area (Å²) in [5.41, 5.74) is 18.1. The van der Waals surface area contributed by atoms with Gasteiger partial charge in [0, 0.05) is 0 Å². The SMILES string of the molecule is CC(C=NN=C(N)N)=NNC(N)=S. The molecule has 0 atom stereocenters. The molecule has 0 saturated carbocycles. The minimum Gasteiger partial charge on any atom is -0.375 e. The van der Waals surface area contributed by atoms with Gasteiger partial charge in [-0.3, -0.25) is 5.43 Å². The number of hydrogen-bond acceptors (Lipinski definition) is 4. The van der Waals surface area contributed by atoms with Crippen LogP contribution in [0.5, 0.6) is 0 Å². The fraction of sp³-hybridized carbons (Fsp3) is 0.200. The molecule has 0 aliphatic carbocycles. The molecule has 0 radical (unpaired) electrons. The van der Waals surface area contributed by atoms with Crippen molar-refractivity contribution in [2.45, 2.75) is 6.92 Å². The average Bonchev–Trinajstić information content (AvgIpc) is 2.00. The lowest BCUT2D eigenvalue weighted by Crippen LogP contribution is -2.25. The third-order valence-electron chi connectivity index (χ3n) is 0.760. The van der Waals surface area contributed by atoms with Crippen LogP contribution in [0, 0.1) is 0 Å². The molecule has 7 N–H and O–H groups in total. The maximum Gasteiger partial charge on any atom is 0.211 e. The van der Waals surface area contributed by atoms with Crippen molar-refractivity contribution in [2.24, 2.45) is 32.5 Å². The number of nitrogens with zero attached hydrogens (tertiary/aromatic N) is 3. The summed E-state index contributed by atoms with van der Waals surface area (Å²) in [4.78, 5) is 0. The Morgan fingerprint density at radius 1 is 1.38 bits per heavy atom. The molecule has 7 nitrogen and oxygen atoms in total. The van der Waals surface area contributed by atoms with Crippen molar-refractivity contribution in [3.63, 3.8) is 0 Å². The number of guanidine groups is 1. The second kappa shape index (κ2) is 5.89. The van der Waals surface area contributed by atoms with Gasteiger partial charge < -0.3 is 17.2 Å². The van der Waals surface area contributed by atoms with Crippen LogP contribution in [0.15, 0.2) is 15.3 Å².